The van der Waals surface area contributed by atoms with E-state index in [2.05, 4.69) is 10.6 Å². The first kappa shape index (κ1) is 25.2. The smallest absolute Gasteiger partial charge is 0.287 e. The number of ether oxygens (including phenoxy) is 1. The number of hydrogen-bond acceptors (Lipinski definition) is 5. The lowest BCUT2D eigenvalue weighted by atomic mass is 9.99. The Morgan fingerprint density at radius 3 is 2.36 bits per heavy atom. The molecule has 2 atom stereocenters. The molecule has 188 valence electrons. The van der Waals surface area contributed by atoms with Crippen molar-refractivity contribution in [1.82, 2.24) is 10.6 Å². The first-order chi connectivity index (χ1) is 17.5. The highest BCUT2D eigenvalue weighted by Gasteiger charge is 2.35. The van der Waals surface area contributed by atoms with Crippen molar-refractivity contribution in [2.45, 2.75) is 38.8 Å². The Bertz CT molecular complexity index is 1170. The molecule has 2 heterocycles. The molecule has 1 aromatic heterocycles. The molecule has 3 amide bonds. The van der Waals surface area contributed by atoms with Crippen molar-refractivity contribution >= 4 is 23.4 Å². The van der Waals surface area contributed by atoms with E-state index >= 15 is 0 Å². The van der Waals surface area contributed by atoms with Gasteiger partial charge in [-0.1, -0.05) is 48.5 Å². The highest BCUT2D eigenvalue weighted by Crippen LogP contribution is 2.33. The maximum atomic E-state index is 13.8. The van der Waals surface area contributed by atoms with Gasteiger partial charge in [0.25, 0.3) is 5.91 Å². The Labute approximate surface area is 210 Å². The first-order valence-electron chi connectivity index (χ1n) is 12.1. The SMILES string of the molecule is Cc1cccc(C)c1N(C(=O)CNC(=O)c1ccco1)[C@H](C(=O)NC[C@@H]1CCCO1)c1ccccc1. The standard InChI is InChI=1S/C28H31N3O5/c1-19-9-6-10-20(2)25(19)31(24(32)18-30-27(33)23-14-8-16-36-23)26(21-11-4-3-5-12-21)28(34)29-17-22-13-7-15-35-22/h3-6,8-12,14,16,22,26H,7,13,15,17-18H2,1-2H3,(H,29,34)(H,30,33)/t22-,26-/m0/s1. The van der Waals surface area contributed by atoms with Gasteiger partial charge in [0.2, 0.25) is 11.8 Å². The summed E-state index contributed by atoms with van der Waals surface area (Å²) in [5.74, 6) is -1.14. The van der Waals surface area contributed by atoms with Crippen LogP contribution in [0.15, 0.2) is 71.3 Å². The summed E-state index contributed by atoms with van der Waals surface area (Å²) in [6, 6.07) is 17.1. The summed E-state index contributed by atoms with van der Waals surface area (Å²) in [6.07, 6.45) is 3.20. The molecule has 0 saturated carbocycles. The van der Waals surface area contributed by atoms with Gasteiger partial charge in [0.1, 0.15) is 6.04 Å². The van der Waals surface area contributed by atoms with Gasteiger partial charge < -0.3 is 19.8 Å². The third-order valence-electron chi connectivity index (χ3n) is 6.24. The van der Waals surface area contributed by atoms with Crippen LogP contribution in [0.3, 0.4) is 0 Å². The quantitative estimate of drug-likeness (QED) is 0.477. The number of amides is 3. The number of para-hydroxylation sites is 1. The van der Waals surface area contributed by atoms with E-state index in [9.17, 15) is 14.4 Å². The van der Waals surface area contributed by atoms with Gasteiger partial charge >= 0.3 is 0 Å². The zero-order valence-electron chi connectivity index (χ0n) is 20.5. The summed E-state index contributed by atoms with van der Waals surface area (Å²) >= 11 is 0. The molecule has 36 heavy (non-hydrogen) atoms. The number of nitrogens with zero attached hydrogens (tertiary/aromatic N) is 1. The maximum Gasteiger partial charge on any atom is 0.287 e. The second kappa shape index (κ2) is 11.7. The molecule has 1 saturated heterocycles. The second-order valence-corrected chi connectivity index (χ2v) is 8.86. The van der Waals surface area contributed by atoms with Gasteiger partial charge in [-0.3, -0.25) is 19.3 Å². The van der Waals surface area contributed by atoms with E-state index in [0.29, 0.717) is 24.4 Å². The van der Waals surface area contributed by atoms with Crippen LogP contribution in [0.25, 0.3) is 0 Å². The number of carbonyl (C=O) groups excluding carboxylic acids is 3. The molecule has 0 spiro atoms. The van der Waals surface area contributed by atoms with Gasteiger partial charge in [0.15, 0.2) is 5.76 Å². The molecule has 0 radical (unpaired) electrons. The fraction of sp³-hybridized carbons (Fsp3) is 0.321. The molecule has 2 N–H and O–H groups in total. The molecule has 0 aliphatic carbocycles. The molecule has 4 rings (SSSR count). The van der Waals surface area contributed by atoms with Crippen LogP contribution in [0, 0.1) is 13.8 Å². The number of carbonyl (C=O) groups is 3. The first-order valence-corrected chi connectivity index (χ1v) is 12.1. The summed E-state index contributed by atoms with van der Waals surface area (Å²) < 4.78 is 10.8. The molecule has 1 aliphatic rings. The molecule has 2 aromatic carbocycles. The lowest BCUT2D eigenvalue weighted by Crippen LogP contribution is -2.49. The highest BCUT2D eigenvalue weighted by molar-refractivity contribution is 6.05. The van der Waals surface area contributed by atoms with E-state index in [4.69, 9.17) is 9.15 Å². The van der Waals surface area contributed by atoms with Crippen LogP contribution in [0.5, 0.6) is 0 Å². The molecule has 1 fully saturated rings. The minimum absolute atomic E-state index is 0.0395. The van der Waals surface area contributed by atoms with Crippen molar-refractivity contribution in [2.24, 2.45) is 0 Å². The molecule has 3 aromatic rings. The molecular formula is C28H31N3O5. The van der Waals surface area contributed by atoms with E-state index in [1.807, 2.05) is 62.4 Å². The van der Waals surface area contributed by atoms with E-state index in [-0.39, 0.29) is 24.3 Å². The van der Waals surface area contributed by atoms with E-state index in [1.54, 1.807) is 6.07 Å². The third kappa shape index (κ3) is 5.83. The lowest BCUT2D eigenvalue weighted by Gasteiger charge is -2.34. The number of benzene rings is 2. The summed E-state index contributed by atoms with van der Waals surface area (Å²) in [7, 11) is 0. The van der Waals surface area contributed by atoms with Crippen LogP contribution >= 0.6 is 0 Å². The summed E-state index contributed by atoms with van der Waals surface area (Å²) in [4.78, 5) is 41.4. The Balaban J connectivity index is 1.68. The Morgan fingerprint density at radius 1 is 0.972 bits per heavy atom. The maximum absolute atomic E-state index is 13.8. The minimum atomic E-state index is -0.944. The zero-order valence-corrected chi connectivity index (χ0v) is 20.5. The zero-order chi connectivity index (χ0) is 25.5. The number of rotatable bonds is 9. The van der Waals surface area contributed by atoms with Crippen molar-refractivity contribution in [3.8, 4) is 0 Å². The van der Waals surface area contributed by atoms with Crippen LogP contribution in [0.4, 0.5) is 5.69 Å². The van der Waals surface area contributed by atoms with Gasteiger partial charge in [-0.25, -0.2) is 0 Å². The van der Waals surface area contributed by atoms with Crippen LogP contribution in [0.1, 0.15) is 46.1 Å². The van der Waals surface area contributed by atoms with E-state index < -0.39 is 17.9 Å². The Hall–Kier alpha value is -3.91. The molecule has 8 heteroatoms. The number of hydrogen-bond donors (Lipinski definition) is 2. The van der Waals surface area contributed by atoms with Crippen molar-refractivity contribution in [3.63, 3.8) is 0 Å². The van der Waals surface area contributed by atoms with Gasteiger partial charge in [-0.05, 0) is 55.5 Å². The fourth-order valence-electron chi connectivity index (χ4n) is 4.49. The number of anilines is 1. The molecular weight excluding hydrogens is 458 g/mol. The number of aryl methyl sites for hydroxylation is 2. The van der Waals surface area contributed by atoms with Crippen LogP contribution < -0.4 is 15.5 Å². The summed E-state index contributed by atoms with van der Waals surface area (Å²) in [6.45, 7) is 4.54. The average molecular weight is 490 g/mol. The monoisotopic (exact) mass is 489 g/mol. The summed E-state index contributed by atoms with van der Waals surface area (Å²) in [5, 5.41) is 5.61. The average Bonchev–Trinajstić information content (AvgIpc) is 3.60. The van der Waals surface area contributed by atoms with E-state index in [1.165, 1.54) is 17.2 Å². The third-order valence-corrected chi connectivity index (χ3v) is 6.24. The van der Waals surface area contributed by atoms with E-state index in [0.717, 1.165) is 24.0 Å². The van der Waals surface area contributed by atoms with Gasteiger partial charge in [0, 0.05) is 13.2 Å². The van der Waals surface area contributed by atoms with Gasteiger partial charge in [-0.15, -0.1) is 0 Å². The Morgan fingerprint density at radius 2 is 1.72 bits per heavy atom. The minimum Gasteiger partial charge on any atom is -0.459 e. The number of furan rings is 1. The van der Waals surface area contributed by atoms with Crippen LogP contribution in [-0.2, 0) is 14.3 Å². The van der Waals surface area contributed by atoms with Crippen LogP contribution in [0.2, 0.25) is 0 Å². The predicted molar refractivity (Wildman–Crippen MR) is 136 cm³/mol. The topological polar surface area (TPSA) is 101 Å². The largest absolute Gasteiger partial charge is 0.459 e. The Kier molecular flexibility index (Phi) is 8.17. The number of nitrogens with one attached hydrogen (secondary N) is 2. The van der Waals surface area contributed by atoms with Crippen LogP contribution in [-0.4, -0.2) is 43.5 Å². The normalized spacial score (nSPS) is 15.8. The van der Waals surface area contributed by atoms with Crippen molar-refractivity contribution in [2.75, 3.05) is 24.6 Å². The van der Waals surface area contributed by atoms with Crippen molar-refractivity contribution < 1.29 is 23.5 Å². The molecule has 1 aliphatic heterocycles. The van der Waals surface area contributed by atoms with Gasteiger partial charge in [-0.2, -0.15) is 0 Å². The summed E-state index contributed by atoms with van der Waals surface area (Å²) in [5.41, 5.74) is 2.98. The second-order valence-electron chi connectivity index (χ2n) is 8.86. The van der Waals surface area contributed by atoms with Crippen molar-refractivity contribution in [1.29, 1.82) is 0 Å². The van der Waals surface area contributed by atoms with Crippen molar-refractivity contribution in [3.05, 3.63) is 89.4 Å². The fourth-order valence-corrected chi connectivity index (χ4v) is 4.49. The van der Waals surface area contributed by atoms with Gasteiger partial charge in [0.05, 0.1) is 24.6 Å². The predicted octanol–water partition coefficient (Wildman–Crippen LogP) is 3.70. The highest BCUT2D eigenvalue weighted by atomic mass is 16.5. The molecule has 8 nitrogen and oxygen atoms in total. The molecule has 0 unspecified atom stereocenters. The molecule has 0 bridgehead atoms. The lowest BCUT2D eigenvalue weighted by molar-refractivity contribution is -0.126.